The first-order valence-electron chi connectivity index (χ1n) is 10.8. The number of rotatable bonds is 10. The number of hydrogen-bond donors (Lipinski definition) is 0. The van der Waals surface area contributed by atoms with Gasteiger partial charge in [0.2, 0.25) is 0 Å². The highest BCUT2D eigenvalue weighted by Crippen LogP contribution is 2.30. The molecule has 0 aromatic heterocycles. The van der Waals surface area contributed by atoms with Crippen molar-refractivity contribution in [2.45, 2.75) is 50.7 Å². The van der Waals surface area contributed by atoms with E-state index in [2.05, 4.69) is 65.6 Å². The third-order valence-corrected chi connectivity index (χ3v) is 5.65. The third-order valence-electron chi connectivity index (χ3n) is 5.65. The van der Waals surface area contributed by atoms with Gasteiger partial charge in [-0.05, 0) is 43.4 Å². The molecule has 1 heterocycles. The summed E-state index contributed by atoms with van der Waals surface area (Å²) in [4.78, 5) is 13.7. The van der Waals surface area contributed by atoms with Crippen molar-refractivity contribution in [3.05, 3.63) is 71.8 Å². The molecule has 0 radical (unpaired) electrons. The molecule has 2 aromatic carbocycles. The molecule has 0 saturated carbocycles. The predicted molar refractivity (Wildman–Crippen MR) is 116 cm³/mol. The van der Waals surface area contributed by atoms with Crippen LogP contribution >= 0.6 is 0 Å². The van der Waals surface area contributed by atoms with E-state index >= 15 is 0 Å². The number of carbonyl (C=O) groups is 1. The molecule has 0 aliphatic carbocycles. The SMILES string of the molecule is COC(=O)CCCCCN1CCC(OC(c2ccccc2)c2ccccc2)CC1. The number of piperidine rings is 1. The molecule has 1 aliphatic rings. The molecule has 0 unspecified atom stereocenters. The van der Waals surface area contributed by atoms with E-state index < -0.39 is 0 Å². The Morgan fingerprint density at radius 3 is 2.07 bits per heavy atom. The van der Waals surface area contributed by atoms with Crippen LogP contribution in [0.2, 0.25) is 0 Å². The van der Waals surface area contributed by atoms with Gasteiger partial charge >= 0.3 is 5.97 Å². The van der Waals surface area contributed by atoms with Crippen molar-refractivity contribution in [1.82, 2.24) is 4.90 Å². The highest BCUT2D eigenvalue weighted by molar-refractivity contribution is 5.68. The van der Waals surface area contributed by atoms with Crippen LogP contribution in [0.25, 0.3) is 0 Å². The zero-order valence-electron chi connectivity index (χ0n) is 17.5. The number of benzene rings is 2. The van der Waals surface area contributed by atoms with Crippen LogP contribution in [0.1, 0.15) is 55.8 Å². The molecule has 0 N–H and O–H groups in total. The molecule has 1 fully saturated rings. The first-order chi connectivity index (χ1) is 14.3. The fourth-order valence-corrected chi connectivity index (χ4v) is 3.95. The van der Waals surface area contributed by atoms with Gasteiger partial charge in [0.25, 0.3) is 0 Å². The van der Waals surface area contributed by atoms with E-state index in [9.17, 15) is 4.79 Å². The highest BCUT2D eigenvalue weighted by atomic mass is 16.5. The number of hydrogen-bond acceptors (Lipinski definition) is 4. The monoisotopic (exact) mass is 395 g/mol. The quantitative estimate of drug-likeness (QED) is 0.420. The van der Waals surface area contributed by atoms with Crippen LogP contribution in [-0.2, 0) is 14.3 Å². The molecule has 0 atom stereocenters. The number of ether oxygens (including phenoxy) is 2. The standard InChI is InChI=1S/C25H33NO3/c1-28-24(27)15-9-4-10-18-26-19-16-23(17-20-26)29-25(21-11-5-2-6-12-21)22-13-7-3-8-14-22/h2-3,5-8,11-14,23,25H,4,9-10,15-20H2,1H3. The molecular formula is C25H33NO3. The molecular weight excluding hydrogens is 362 g/mol. The lowest BCUT2D eigenvalue weighted by Crippen LogP contribution is -2.38. The van der Waals surface area contributed by atoms with Crippen molar-refractivity contribution in [2.24, 2.45) is 0 Å². The number of nitrogens with zero attached hydrogens (tertiary/aromatic N) is 1. The van der Waals surface area contributed by atoms with Crippen molar-refractivity contribution < 1.29 is 14.3 Å². The number of likely N-dealkylation sites (tertiary alicyclic amines) is 1. The number of methoxy groups -OCH3 is 1. The van der Waals surface area contributed by atoms with Gasteiger partial charge in [-0.2, -0.15) is 0 Å². The number of carbonyl (C=O) groups excluding carboxylic acids is 1. The smallest absolute Gasteiger partial charge is 0.305 e. The van der Waals surface area contributed by atoms with E-state index in [1.165, 1.54) is 18.2 Å². The molecule has 1 aliphatic heterocycles. The maximum atomic E-state index is 11.2. The van der Waals surface area contributed by atoms with Crippen LogP contribution in [0.15, 0.2) is 60.7 Å². The Hall–Kier alpha value is -2.17. The molecule has 2 aromatic rings. The lowest BCUT2D eigenvalue weighted by Gasteiger charge is -2.34. The van der Waals surface area contributed by atoms with Crippen LogP contribution in [-0.4, -0.2) is 43.7 Å². The summed E-state index contributed by atoms with van der Waals surface area (Å²) >= 11 is 0. The minimum absolute atomic E-state index is 0.00716. The topological polar surface area (TPSA) is 38.8 Å². The Morgan fingerprint density at radius 1 is 0.931 bits per heavy atom. The van der Waals surface area contributed by atoms with Crippen molar-refractivity contribution in [3.63, 3.8) is 0 Å². The van der Waals surface area contributed by atoms with Gasteiger partial charge in [0.05, 0.1) is 13.2 Å². The zero-order valence-corrected chi connectivity index (χ0v) is 17.5. The van der Waals surface area contributed by atoms with Gasteiger partial charge in [0.15, 0.2) is 0 Å². The number of unbranched alkanes of at least 4 members (excludes halogenated alkanes) is 2. The summed E-state index contributed by atoms with van der Waals surface area (Å²) in [5.74, 6) is -0.102. The van der Waals surface area contributed by atoms with Gasteiger partial charge in [-0.1, -0.05) is 67.1 Å². The molecule has 3 rings (SSSR count). The van der Waals surface area contributed by atoms with Gasteiger partial charge in [0.1, 0.15) is 6.10 Å². The summed E-state index contributed by atoms with van der Waals surface area (Å²) in [5, 5.41) is 0. The van der Waals surface area contributed by atoms with Gasteiger partial charge in [-0.25, -0.2) is 0 Å². The molecule has 0 spiro atoms. The second-order valence-corrected chi connectivity index (χ2v) is 7.77. The predicted octanol–water partition coefficient (Wildman–Crippen LogP) is 4.99. The minimum Gasteiger partial charge on any atom is -0.469 e. The van der Waals surface area contributed by atoms with E-state index in [0.717, 1.165) is 51.7 Å². The lowest BCUT2D eigenvalue weighted by molar-refractivity contribution is -0.140. The van der Waals surface area contributed by atoms with Gasteiger partial charge in [-0.3, -0.25) is 4.79 Å². The fourth-order valence-electron chi connectivity index (χ4n) is 3.95. The maximum absolute atomic E-state index is 11.2. The van der Waals surface area contributed by atoms with Crippen molar-refractivity contribution >= 4 is 5.97 Å². The minimum atomic E-state index is -0.102. The second kappa shape index (κ2) is 11.7. The normalized spacial score (nSPS) is 15.5. The van der Waals surface area contributed by atoms with Crippen LogP contribution in [0.5, 0.6) is 0 Å². The molecule has 4 nitrogen and oxygen atoms in total. The fraction of sp³-hybridized carbons (Fsp3) is 0.480. The maximum Gasteiger partial charge on any atom is 0.305 e. The van der Waals surface area contributed by atoms with Gasteiger partial charge < -0.3 is 14.4 Å². The van der Waals surface area contributed by atoms with Crippen LogP contribution in [0.3, 0.4) is 0 Å². The zero-order chi connectivity index (χ0) is 20.3. The molecule has 29 heavy (non-hydrogen) atoms. The lowest BCUT2D eigenvalue weighted by atomic mass is 10.00. The summed E-state index contributed by atoms with van der Waals surface area (Å²) in [6, 6.07) is 21.0. The largest absolute Gasteiger partial charge is 0.469 e. The van der Waals surface area contributed by atoms with E-state index in [-0.39, 0.29) is 18.2 Å². The van der Waals surface area contributed by atoms with Crippen molar-refractivity contribution in [3.8, 4) is 0 Å². The summed E-state index contributed by atoms with van der Waals surface area (Å²) in [5.41, 5.74) is 2.43. The van der Waals surface area contributed by atoms with Gasteiger partial charge in [0, 0.05) is 19.5 Å². The molecule has 1 saturated heterocycles. The molecule has 0 amide bonds. The van der Waals surface area contributed by atoms with E-state index in [1.54, 1.807) is 0 Å². The first kappa shape index (κ1) is 21.5. The number of esters is 1. The Bertz CT molecular complexity index is 672. The third kappa shape index (κ3) is 6.98. The van der Waals surface area contributed by atoms with E-state index in [4.69, 9.17) is 9.47 Å². The van der Waals surface area contributed by atoms with E-state index in [0.29, 0.717) is 6.42 Å². The Labute approximate surface area is 174 Å². The van der Waals surface area contributed by atoms with Crippen molar-refractivity contribution in [2.75, 3.05) is 26.7 Å². The summed E-state index contributed by atoms with van der Waals surface area (Å²) < 4.78 is 11.3. The van der Waals surface area contributed by atoms with Crippen LogP contribution in [0, 0.1) is 0 Å². The average Bonchev–Trinajstić information content (AvgIpc) is 2.79. The summed E-state index contributed by atoms with van der Waals surface area (Å²) in [7, 11) is 1.45. The van der Waals surface area contributed by atoms with Crippen LogP contribution < -0.4 is 0 Å². The van der Waals surface area contributed by atoms with Crippen molar-refractivity contribution in [1.29, 1.82) is 0 Å². The Balaban J connectivity index is 1.45. The average molecular weight is 396 g/mol. The van der Waals surface area contributed by atoms with E-state index in [1.807, 2.05) is 0 Å². The summed E-state index contributed by atoms with van der Waals surface area (Å²) in [6.45, 7) is 3.27. The Kier molecular flexibility index (Phi) is 8.72. The first-order valence-corrected chi connectivity index (χ1v) is 10.8. The Morgan fingerprint density at radius 2 is 1.52 bits per heavy atom. The molecule has 4 heteroatoms. The molecule has 0 bridgehead atoms. The molecule has 156 valence electrons. The summed E-state index contributed by atoms with van der Waals surface area (Å²) in [6.07, 6.45) is 6.09. The highest BCUT2D eigenvalue weighted by Gasteiger charge is 2.24. The second-order valence-electron chi connectivity index (χ2n) is 7.77. The van der Waals surface area contributed by atoms with Gasteiger partial charge in [-0.15, -0.1) is 0 Å². The van der Waals surface area contributed by atoms with Crippen LogP contribution in [0.4, 0.5) is 0 Å².